The lowest BCUT2D eigenvalue weighted by Crippen LogP contribution is -2.44. The lowest BCUT2D eigenvalue weighted by atomic mass is 9.97. The van der Waals surface area contributed by atoms with Crippen LogP contribution in [0.5, 0.6) is 0 Å². The second-order valence-corrected chi connectivity index (χ2v) is 4.64. The third kappa shape index (κ3) is 3.24. The maximum absolute atomic E-state index is 13.0. The van der Waals surface area contributed by atoms with E-state index < -0.39 is 23.8 Å². The molecule has 1 aromatic rings. The van der Waals surface area contributed by atoms with E-state index >= 15 is 0 Å². The van der Waals surface area contributed by atoms with Crippen LogP contribution in [0.4, 0.5) is 17.6 Å². The Bertz CT molecular complexity index is 472. The summed E-state index contributed by atoms with van der Waals surface area (Å²) in [7, 11) is 0. The molecule has 0 spiro atoms. The van der Waals surface area contributed by atoms with Crippen LogP contribution in [0.3, 0.4) is 0 Å². The van der Waals surface area contributed by atoms with Gasteiger partial charge in [0.2, 0.25) is 0 Å². The fourth-order valence-corrected chi connectivity index (χ4v) is 2.23. The summed E-state index contributed by atoms with van der Waals surface area (Å²) in [6, 6.07) is 5.00. The van der Waals surface area contributed by atoms with Gasteiger partial charge in [0, 0.05) is 18.7 Å². The predicted octanol–water partition coefficient (Wildman–Crippen LogP) is 3.24. The second kappa shape index (κ2) is 5.19. The highest BCUT2D eigenvalue weighted by Gasteiger charge is 2.42. The van der Waals surface area contributed by atoms with Gasteiger partial charge in [0.1, 0.15) is 5.82 Å². The zero-order valence-corrected chi connectivity index (χ0v) is 10.1. The first-order valence-corrected chi connectivity index (χ1v) is 5.99. The lowest BCUT2D eigenvalue weighted by Gasteiger charge is -2.33. The molecule has 0 saturated carbocycles. The molecule has 2 rings (SSSR count). The fraction of sp³-hybridized carbons (Fsp3) is 0.462. The highest BCUT2D eigenvalue weighted by molar-refractivity contribution is 5.94. The normalized spacial score (nSPS) is 20.4. The molecular weight excluding hydrogens is 262 g/mol. The molecule has 2 nitrogen and oxygen atoms in total. The van der Waals surface area contributed by atoms with Crippen molar-refractivity contribution in [3.63, 3.8) is 0 Å². The Morgan fingerprint density at radius 3 is 2.68 bits per heavy atom. The molecule has 1 unspecified atom stereocenters. The molecule has 6 heteroatoms. The Morgan fingerprint density at radius 2 is 2.05 bits per heavy atom. The SMILES string of the molecule is O=C(c1cccc(F)c1)N1CCCC(C(F)(F)F)C1. The van der Waals surface area contributed by atoms with Crippen molar-refractivity contribution in [3.05, 3.63) is 35.6 Å². The van der Waals surface area contributed by atoms with Gasteiger partial charge in [-0.25, -0.2) is 4.39 Å². The van der Waals surface area contributed by atoms with E-state index in [2.05, 4.69) is 0 Å². The second-order valence-electron chi connectivity index (χ2n) is 4.64. The first-order valence-electron chi connectivity index (χ1n) is 5.99. The van der Waals surface area contributed by atoms with Gasteiger partial charge < -0.3 is 4.90 Å². The molecule has 0 N–H and O–H groups in total. The quantitative estimate of drug-likeness (QED) is 0.720. The summed E-state index contributed by atoms with van der Waals surface area (Å²) in [5, 5.41) is 0. The van der Waals surface area contributed by atoms with Gasteiger partial charge in [-0.3, -0.25) is 4.79 Å². The largest absolute Gasteiger partial charge is 0.393 e. The van der Waals surface area contributed by atoms with E-state index in [1.807, 2.05) is 0 Å². The summed E-state index contributed by atoms with van der Waals surface area (Å²) in [5.74, 6) is -2.61. The van der Waals surface area contributed by atoms with E-state index in [0.717, 1.165) is 11.0 Å². The third-order valence-electron chi connectivity index (χ3n) is 3.24. The Hall–Kier alpha value is -1.59. The molecule has 1 aliphatic rings. The van der Waals surface area contributed by atoms with Gasteiger partial charge in [-0.05, 0) is 31.0 Å². The molecule has 1 amide bonds. The minimum Gasteiger partial charge on any atom is -0.338 e. The van der Waals surface area contributed by atoms with Gasteiger partial charge in [-0.15, -0.1) is 0 Å². The number of hydrogen-bond acceptors (Lipinski definition) is 1. The smallest absolute Gasteiger partial charge is 0.338 e. The maximum Gasteiger partial charge on any atom is 0.393 e. The minimum atomic E-state index is -4.29. The molecule has 1 atom stereocenters. The minimum absolute atomic E-state index is 0.0381. The molecule has 1 saturated heterocycles. The first-order chi connectivity index (χ1) is 8.88. The molecule has 1 aromatic carbocycles. The number of halogens is 4. The molecule has 0 aliphatic carbocycles. The van der Waals surface area contributed by atoms with Crippen LogP contribution < -0.4 is 0 Å². The highest BCUT2D eigenvalue weighted by atomic mass is 19.4. The van der Waals surface area contributed by atoms with Crippen LogP contribution in [0, 0.1) is 11.7 Å². The molecule has 1 aliphatic heterocycles. The lowest BCUT2D eigenvalue weighted by molar-refractivity contribution is -0.184. The third-order valence-corrected chi connectivity index (χ3v) is 3.24. The number of amides is 1. The van der Waals surface area contributed by atoms with Gasteiger partial charge in [-0.2, -0.15) is 13.2 Å². The van der Waals surface area contributed by atoms with Crippen molar-refractivity contribution in [1.82, 2.24) is 4.90 Å². The van der Waals surface area contributed by atoms with Crippen LogP contribution in [0.25, 0.3) is 0 Å². The van der Waals surface area contributed by atoms with E-state index in [9.17, 15) is 22.4 Å². The van der Waals surface area contributed by atoms with Crippen molar-refractivity contribution < 1.29 is 22.4 Å². The molecule has 1 fully saturated rings. The van der Waals surface area contributed by atoms with Crippen LogP contribution >= 0.6 is 0 Å². The number of rotatable bonds is 1. The number of carbonyl (C=O) groups is 1. The Kier molecular flexibility index (Phi) is 3.78. The topological polar surface area (TPSA) is 20.3 Å². The summed E-state index contributed by atoms with van der Waals surface area (Å²) in [5.41, 5.74) is 0.0859. The van der Waals surface area contributed by atoms with Crippen molar-refractivity contribution in [2.75, 3.05) is 13.1 Å². The van der Waals surface area contributed by atoms with E-state index in [4.69, 9.17) is 0 Å². The summed E-state index contributed by atoms with van der Waals surface area (Å²) < 4.78 is 50.9. The number of piperidine rings is 1. The zero-order valence-electron chi connectivity index (χ0n) is 10.1. The average Bonchev–Trinajstić information content (AvgIpc) is 2.37. The summed E-state index contributed by atoms with van der Waals surface area (Å²) in [6.45, 7) is -0.0687. The van der Waals surface area contributed by atoms with Crippen molar-refractivity contribution in [2.45, 2.75) is 19.0 Å². The van der Waals surface area contributed by atoms with Crippen molar-refractivity contribution in [3.8, 4) is 0 Å². The molecular formula is C13H13F4NO. The molecule has 0 bridgehead atoms. The van der Waals surface area contributed by atoms with E-state index in [1.165, 1.54) is 18.2 Å². The maximum atomic E-state index is 13.0. The standard InChI is InChI=1S/C13H13F4NO/c14-11-5-1-3-9(7-11)12(19)18-6-2-4-10(8-18)13(15,16)17/h1,3,5,7,10H,2,4,6,8H2. The number of hydrogen-bond donors (Lipinski definition) is 0. The number of likely N-dealkylation sites (tertiary alicyclic amines) is 1. The summed E-state index contributed by atoms with van der Waals surface area (Å²) in [4.78, 5) is 13.2. The number of benzene rings is 1. The van der Waals surface area contributed by atoms with Crippen LogP contribution in [0.1, 0.15) is 23.2 Å². The Labute approximate surface area is 108 Å². The van der Waals surface area contributed by atoms with Crippen molar-refractivity contribution >= 4 is 5.91 Å². The van der Waals surface area contributed by atoms with Crippen molar-refractivity contribution in [2.24, 2.45) is 5.92 Å². The van der Waals surface area contributed by atoms with E-state index in [-0.39, 0.29) is 25.1 Å². The van der Waals surface area contributed by atoms with Crippen LogP contribution in [-0.2, 0) is 0 Å². The van der Waals surface area contributed by atoms with Gasteiger partial charge in [-0.1, -0.05) is 6.07 Å². The van der Waals surface area contributed by atoms with Crippen molar-refractivity contribution in [1.29, 1.82) is 0 Å². The van der Waals surface area contributed by atoms with Crippen LogP contribution in [0.15, 0.2) is 24.3 Å². The summed E-state index contributed by atoms with van der Waals surface area (Å²) >= 11 is 0. The molecule has 1 heterocycles. The number of carbonyl (C=O) groups excluding carboxylic acids is 1. The molecule has 19 heavy (non-hydrogen) atoms. The van der Waals surface area contributed by atoms with Crippen LogP contribution in [-0.4, -0.2) is 30.1 Å². The zero-order chi connectivity index (χ0) is 14.0. The predicted molar refractivity (Wildman–Crippen MR) is 61.1 cm³/mol. The number of alkyl halides is 3. The monoisotopic (exact) mass is 275 g/mol. The molecule has 0 aromatic heterocycles. The highest BCUT2D eigenvalue weighted by Crippen LogP contribution is 2.33. The average molecular weight is 275 g/mol. The van der Waals surface area contributed by atoms with Gasteiger partial charge in [0.15, 0.2) is 0 Å². The Balaban J connectivity index is 2.11. The van der Waals surface area contributed by atoms with Gasteiger partial charge in [0.05, 0.1) is 5.92 Å². The van der Waals surface area contributed by atoms with Gasteiger partial charge in [0.25, 0.3) is 5.91 Å². The summed E-state index contributed by atoms with van der Waals surface area (Å²) in [6.07, 6.45) is -3.94. The van der Waals surface area contributed by atoms with Gasteiger partial charge >= 0.3 is 6.18 Å². The molecule has 104 valence electrons. The number of nitrogens with zero attached hydrogens (tertiary/aromatic N) is 1. The van der Waals surface area contributed by atoms with E-state index in [0.29, 0.717) is 6.42 Å². The van der Waals surface area contributed by atoms with E-state index in [1.54, 1.807) is 0 Å². The Morgan fingerprint density at radius 1 is 1.32 bits per heavy atom. The molecule has 0 radical (unpaired) electrons. The fourth-order valence-electron chi connectivity index (χ4n) is 2.23. The van der Waals surface area contributed by atoms with Crippen LogP contribution in [0.2, 0.25) is 0 Å². The first kappa shape index (κ1) is 13.8.